The molecule has 0 unspecified atom stereocenters. The Kier molecular flexibility index (Phi) is 1.64. The zero-order chi connectivity index (χ0) is 9.38. The van der Waals surface area contributed by atoms with Gasteiger partial charge in [0.1, 0.15) is 5.75 Å². The maximum atomic E-state index is 5.70. The predicted octanol–water partition coefficient (Wildman–Crippen LogP) is 3.40. The van der Waals surface area contributed by atoms with Crippen LogP contribution in [0.5, 0.6) is 11.5 Å². The Morgan fingerprint density at radius 1 is 1.21 bits per heavy atom. The Balaban J connectivity index is 2.19. The van der Waals surface area contributed by atoms with Crippen LogP contribution in [0.2, 0.25) is 0 Å². The van der Waals surface area contributed by atoms with Crippen molar-refractivity contribution in [3.8, 4) is 11.5 Å². The second-order valence-electron chi connectivity index (χ2n) is 2.93. The first-order valence-electron chi connectivity index (χ1n) is 4.24. The molecule has 1 aliphatic rings. The molecule has 2 nitrogen and oxygen atoms in total. The normalized spacial score (nSPS) is 12.6. The van der Waals surface area contributed by atoms with E-state index in [1.165, 1.54) is 11.3 Å². The number of nitrogens with zero attached hydrogens (tertiary/aromatic N) is 1. The molecule has 1 aromatic carbocycles. The van der Waals surface area contributed by atoms with Crippen molar-refractivity contribution < 1.29 is 4.74 Å². The number of benzene rings is 1. The Morgan fingerprint density at radius 2 is 2.14 bits per heavy atom. The lowest BCUT2D eigenvalue weighted by Crippen LogP contribution is -1.85. The van der Waals surface area contributed by atoms with Crippen LogP contribution in [0, 0.1) is 5.38 Å². The van der Waals surface area contributed by atoms with E-state index in [1.807, 2.05) is 36.5 Å². The minimum absolute atomic E-state index is 0.788. The smallest absolute Gasteiger partial charge is 0.164 e. The lowest BCUT2D eigenvalue weighted by molar-refractivity contribution is 0.487. The summed E-state index contributed by atoms with van der Waals surface area (Å²) in [6.07, 6.45) is 1.82. The van der Waals surface area contributed by atoms with Gasteiger partial charge in [-0.05, 0) is 12.1 Å². The molecule has 0 atom stereocenters. The van der Waals surface area contributed by atoms with Gasteiger partial charge in [0, 0.05) is 17.8 Å². The third-order valence-corrected chi connectivity index (χ3v) is 2.75. The van der Waals surface area contributed by atoms with Gasteiger partial charge < -0.3 is 4.74 Å². The van der Waals surface area contributed by atoms with Gasteiger partial charge in [-0.15, -0.1) is 11.3 Å². The van der Waals surface area contributed by atoms with Crippen LogP contribution in [0.15, 0.2) is 35.3 Å². The lowest BCUT2D eigenvalue weighted by Gasteiger charge is -2.03. The molecule has 0 saturated carbocycles. The topological polar surface area (TPSA) is 21.6 Å². The summed E-state index contributed by atoms with van der Waals surface area (Å²) in [4.78, 5) is 4.33. The SMILES string of the molecule is [c]1cc2c(s1)N=Cc1ccccc1O2. The molecule has 2 heterocycles. The molecule has 67 valence electrons. The number of fused-ring (bicyclic) bond motifs is 2. The predicted molar refractivity (Wildman–Crippen MR) is 56.9 cm³/mol. The molecule has 2 aromatic rings. The number of aliphatic imine (C=N–C) groups is 1. The number of ether oxygens (including phenoxy) is 1. The molecular weight excluding hydrogens is 194 g/mol. The molecule has 0 N–H and O–H groups in total. The van der Waals surface area contributed by atoms with Crippen molar-refractivity contribution in [2.75, 3.05) is 0 Å². The third kappa shape index (κ3) is 1.14. The van der Waals surface area contributed by atoms with Gasteiger partial charge in [0.05, 0.1) is 5.38 Å². The maximum absolute atomic E-state index is 5.70. The summed E-state index contributed by atoms with van der Waals surface area (Å²) >= 11 is 1.46. The quantitative estimate of drug-likeness (QED) is 0.545. The number of thiophene rings is 1. The summed E-state index contributed by atoms with van der Waals surface area (Å²) < 4.78 is 5.70. The molecule has 0 spiro atoms. The molecule has 3 rings (SSSR count). The molecule has 0 fully saturated rings. The minimum Gasteiger partial charge on any atom is -0.453 e. The van der Waals surface area contributed by atoms with Crippen molar-refractivity contribution in [1.82, 2.24) is 0 Å². The number of hydrogen-bond acceptors (Lipinski definition) is 3. The van der Waals surface area contributed by atoms with Gasteiger partial charge in [-0.25, -0.2) is 4.99 Å². The summed E-state index contributed by atoms with van der Waals surface area (Å²) in [6, 6.07) is 9.67. The molecule has 0 saturated heterocycles. The first-order chi connectivity index (χ1) is 6.93. The first kappa shape index (κ1) is 7.76. The molecular formula is C11H6NOS. The van der Waals surface area contributed by atoms with Crippen LogP contribution in [0.1, 0.15) is 5.56 Å². The fraction of sp³-hybridized carbons (Fsp3) is 0. The summed E-state index contributed by atoms with van der Waals surface area (Å²) in [5.74, 6) is 1.64. The van der Waals surface area contributed by atoms with Gasteiger partial charge in [0.2, 0.25) is 0 Å². The maximum Gasteiger partial charge on any atom is 0.164 e. The van der Waals surface area contributed by atoms with E-state index >= 15 is 0 Å². The van der Waals surface area contributed by atoms with Crippen LogP contribution < -0.4 is 4.74 Å². The second-order valence-corrected chi connectivity index (χ2v) is 3.76. The Bertz CT molecular complexity index is 501. The van der Waals surface area contributed by atoms with Crippen molar-refractivity contribution in [1.29, 1.82) is 0 Å². The van der Waals surface area contributed by atoms with Gasteiger partial charge in [-0.1, -0.05) is 12.1 Å². The van der Waals surface area contributed by atoms with Gasteiger partial charge in [0.15, 0.2) is 10.8 Å². The molecule has 0 aliphatic carbocycles. The van der Waals surface area contributed by atoms with E-state index in [4.69, 9.17) is 4.74 Å². The number of para-hydroxylation sites is 1. The van der Waals surface area contributed by atoms with Gasteiger partial charge in [-0.2, -0.15) is 0 Å². The van der Waals surface area contributed by atoms with Gasteiger partial charge >= 0.3 is 0 Å². The number of hydrogen-bond donors (Lipinski definition) is 0. The van der Waals surface area contributed by atoms with Crippen molar-refractivity contribution in [2.24, 2.45) is 4.99 Å². The minimum atomic E-state index is 0.788. The fourth-order valence-electron chi connectivity index (χ4n) is 1.34. The van der Waals surface area contributed by atoms with Crippen molar-refractivity contribution >= 4 is 22.6 Å². The summed E-state index contributed by atoms with van der Waals surface area (Å²) in [6.45, 7) is 0. The molecule has 0 bridgehead atoms. The highest BCUT2D eigenvalue weighted by Crippen LogP contribution is 2.39. The Hall–Kier alpha value is -1.61. The number of rotatable bonds is 0. The first-order valence-corrected chi connectivity index (χ1v) is 5.06. The monoisotopic (exact) mass is 200 g/mol. The van der Waals surface area contributed by atoms with Crippen LogP contribution >= 0.6 is 11.3 Å². The van der Waals surface area contributed by atoms with Crippen LogP contribution in [0.3, 0.4) is 0 Å². The second kappa shape index (κ2) is 2.96. The highest BCUT2D eigenvalue weighted by atomic mass is 32.1. The molecule has 1 aromatic heterocycles. The van der Waals surface area contributed by atoms with Gasteiger partial charge in [0.25, 0.3) is 0 Å². The average Bonchev–Trinajstić information content (AvgIpc) is 2.58. The summed E-state index contributed by atoms with van der Waals surface area (Å²) in [5, 5.41) is 3.88. The molecule has 0 amide bonds. The third-order valence-electron chi connectivity index (χ3n) is 2.02. The Labute approximate surface area is 85.5 Å². The van der Waals surface area contributed by atoms with Crippen LogP contribution in [-0.2, 0) is 0 Å². The fourth-order valence-corrected chi connectivity index (χ4v) is 1.92. The summed E-state index contributed by atoms with van der Waals surface area (Å²) in [5.41, 5.74) is 1.01. The van der Waals surface area contributed by atoms with Crippen molar-refractivity contribution in [3.05, 3.63) is 41.3 Å². The molecule has 1 radical (unpaired) electrons. The van der Waals surface area contributed by atoms with Crippen LogP contribution in [0.4, 0.5) is 5.00 Å². The zero-order valence-corrected chi connectivity index (χ0v) is 8.04. The van der Waals surface area contributed by atoms with Crippen molar-refractivity contribution in [2.45, 2.75) is 0 Å². The van der Waals surface area contributed by atoms with E-state index in [0.29, 0.717) is 0 Å². The van der Waals surface area contributed by atoms with Crippen molar-refractivity contribution in [3.63, 3.8) is 0 Å². The van der Waals surface area contributed by atoms with E-state index in [2.05, 4.69) is 10.4 Å². The van der Waals surface area contributed by atoms with E-state index in [9.17, 15) is 0 Å². The molecule has 3 heteroatoms. The summed E-state index contributed by atoms with van der Waals surface area (Å²) in [7, 11) is 0. The lowest BCUT2D eigenvalue weighted by atomic mass is 10.2. The highest BCUT2D eigenvalue weighted by molar-refractivity contribution is 7.13. The van der Waals surface area contributed by atoms with E-state index in [1.54, 1.807) is 0 Å². The molecule has 1 aliphatic heterocycles. The van der Waals surface area contributed by atoms with E-state index in [-0.39, 0.29) is 0 Å². The van der Waals surface area contributed by atoms with Crippen LogP contribution in [-0.4, -0.2) is 6.21 Å². The standard InChI is InChI=1S/C11H6NOS/c1-2-4-9-8(3-1)7-12-11-10(13-9)5-6-14-11/h1-5,7H. The van der Waals surface area contributed by atoms with E-state index < -0.39 is 0 Å². The highest BCUT2D eigenvalue weighted by Gasteiger charge is 2.11. The Morgan fingerprint density at radius 3 is 3.14 bits per heavy atom. The van der Waals surface area contributed by atoms with E-state index in [0.717, 1.165) is 22.1 Å². The molecule has 14 heavy (non-hydrogen) atoms. The largest absolute Gasteiger partial charge is 0.453 e. The average molecular weight is 200 g/mol. The zero-order valence-electron chi connectivity index (χ0n) is 7.23. The van der Waals surface area contributed by atoms with Crippen LogP contribution in [0.25, 0.3) is 0 Å². The van der Waals surface area contributed by atoms with Gasteiger partial charge in [-0.3, -0.25) is 0 Å².